The number of rotatable bonds is 2. The van der Waals surface area contributed by atoms with Crippen molar-refractivity contribution in [2.45, 2.75) is 0 Å². The lowest BCUT2D eigenvalue weighted by Crippen LogP contribution is -2.50. The van der Waals surface area contributed by atoms with Gasteiger partial charge in [-0.1, -0.05) is 11.6 Å². The van der Waals surface area contributed by atoms with Crippen LogP contribution in [-0.2, 0) is 4.79 Å². The average Bonchev–Trinajstić information content (AvgIpc) is 2.17. The van der Waals surface area contributed by atoms with E-state index in [0.717, 1.165) is 0 Å². The van der Waals surface area contributed by atoms with E-state index in [0.29, 0.717) is 29.5 Å². The van der Waals surface area contributed by atoms with Crippen LogP contribution in [0.1, 0.15) is 5.56 Å². The van der Waals surface area contributed by atoms with Crippen LogP contribution in [0.25, 0.3) is 0 Å². The Morgan fingerprint density at radius 1 is 1.69 bits per heavy atom. The summed E-state index contributed by atoms with van der Waals surface area (Å²) in [5.74, 6) is -0.618. The first-order valence-corrected chi connectivity index (χ1v) is 5.03. The molecule has 1 aromatic rings. The van der Waals surface area contributed by atoms with E-state index in [4.69, 9.17) is 22.0 Å². The predicted octanol–water partition coefficient (Wildman–Crippen LogP) is 1.13. The van der Waals surface area contributed by atoms with E-state index in [1.165, 1.54) is 12.3 Å². The van der Waals surface area contributed by atoms with Crippen molar-refractivity contribution in [3.63, 3.8) is 0 Å². The van der Waals surface area contributed by atoms with Gasteiger partial charge in [-0.15, -0.1) is 0 Å². The Labute approximate surface area is 96.9 Å². The molecule has 0 spiro atoms. The minimum Gasteiger partial charge on any atom is -0.481 e. The Kier molecular flexibility index (Phi) is 2.67. The lowest BCUT2D eigenvalue weighted by molar-refractivity contribution is -0.142. The molecule has 6 heteroatoms. The first-order valence-electron chi connectivity index (χ1n) is 4.65. The highest BCUT2D eigenvalue weighted by Crippen LogP contribution is 2.29. The minimum atomic E-state index is -0.805. The molecule has 1 saturated heterocycles. The van der Waals surface area contributed by atoms with Crippen LogP contribution < -0.4 is 4.90 Å². The van der Waals surface area contributed by atoms with Gasteiger partial charge in [0.2, 0.25) is 0 Å². The summed E-state index contributed by atoms with van der Waals surface area (Å²) in [5, 5.41) is 17.7. The molecule has 2 heterocycles. The summed E-state index contributed by atoms with van der Waals surface area (Å²) >= 11 is 5.94. The van der Waals surface area contributed by atoms with Crippen molar-refractivity contribution in [3.8, 4) is 6.07 Å². The van der Waals surface area contributed by atoms with Crippen molar-refractivity contribution in [1.29, 1.82) is 5.26 Å². The molecule has 0 atom stereocenters. The van der Waals surface area contributed by atoms with Gasteiger partial charge >= 0.3 is 5.97 Å². The first-order chi connectivity index (χ1) is 7.61. The van der Waals surface area contributed by atoms with Crippen molar-refractivity contribution in [3.05, 3.63) is 22.8 Å². The summed E-state index contributed by atoms with van der Waals surface area (Å²) < 4.78 is 0. The molecule has 0 bridgehead atoms. The molecule has 5 nitrogen and oxygen atoms in total. The summed E-state index contributed by atoms with van der Waals surface area (Å²) in [4.78, 5) is 16.4. The van der Waals surface area contributed by atoms with Crippen LogP contribution >= 0.6 is 11.6 Å². The minimum absolute atomic E-state index is 0.353. The molecule has 1 aliphatic heterocycles. The molecule has 0 radical (unpaired) electrons. The van der Waals surface area contributed by atoms with Crippen molar-refractivity contribution in [2.24, 2.45) is 5.92 Å². The second-order valence-corrected chi connectivity index (χ2v) is 3.99. The molecule has 16 heavy (non-hydrogen) atoms. The number of hydrogen-bond acceptors (Lipinski definition) is 4. The fourth-order valence-corrected chi connectivity index (χ4v) is 1.82. The number of carboxylic acid groups (broad SMARTS) is 1. The molecule has 0 saturated carbocycles. The third-order valence-corrected chi connectivity index (χ3v) is 2.76. The second-order valence-electron chi connectivity index (χ2n) is 3.58. The maximum atomic E-state index is 10.6. The zero-order valence-electron chi connectivity index (χ0n) is 8.22. The van der Waals surface area contributed by atoms with Gasteiger partial charge in [0.05, 0.1) is 16.5 Å². The quantitative estimate of drug-likeness (QED) is 0.834. The monoisotopic (exact) mass is 237 g/mol. The van der Waals surface area contributed by atoms with Crippen molar-refractivity contribution in [1.82, 2.24) is 4.98 Å². The second kappa shape index (κ2) is 3.99. The summed E-state index contributed by atoms with van der Waals surface area (Å²) in [6.45, 7) is 0.821. The van der Waals surface area contributed by atoms with Gasteiger partial charge in [0.1, 0.15) is 11.9 Å². The number of aromatic nitrogens is 1. The zero-order valence-corrected chi connectivity index (χ0v) is 8.98. The van der Waals surface area contributed by atoms with Crippen LogP contribution in [0.4, 0.5) is 5.82 Å². The van der Waals surface area contributed by atoms with Gasteiger partial charge in [-0.2, -0.15) is 5.26 Å². The summed E-state index contributed by atoms with van der Waals surface area (Å²) in [7, 11) is 0. The normalized spacial score (nSPS) is 15.4. The van der Waals surface area contributed by atoms with Gasteiger partial charge in [-0.25, -0.2) is 4.98 Å². The molecule has 1 fully saturated rings. The van der Waals surface area contributed by atoms with Gasteiger partial charge in [-0.05, 0) is 6.07 Å². The summed E-state index contributed by atoms with van der Waals surface area (Å²) in [6.07, 6.45) is 1.43. The van der Waals surface area contributed by atoms with E-state index in [1.54, 1.807) is 4.90 Å². The van der Waals surface area contributed by atoms with Crippen LogP contribution in [-0.4, -0.2) is 29.1 Å². The van der Waals surface area contributed by atoms with Gasteiger partial charge in [-0.3, -0.25) is 4.79 Å². The smallest absolute Gasteiger partial charge is 0.310 e. The highest BCUT2D eigenvalue weighted by atomic mass is 35.5. The number of anilines is 1. The van der Waals surface area contributed by atoms with Gasteiger partial charge < -0.3 is 10.0 Å². The van der Waals surface area contributed by atoms with Crippen molar-refractivity contribution in [2.75, 3.05) is 18.0 Å². The highest BCUT2D eigenvalue weighted by molar-refractivity contribution is 6.33. The largest absolute Gasteiger partial charge is 0.481 e. The van der Waals surface area contributed by atoms with E-state index in [2.05, 4.69) is 4.98 Å². The molecule has 0 unspecified atom stereocenters. The molecular weight excluding hydrogens is 230 g/mol. The van der Waals surface area contributed by atoms with Crippen LogP contribution in [0.2, 0.25) is 5.02 Å². The maximum Gasteiger partial charge on any atom is 0.310 e. The van der Waals surface area contributed by atoms with E-state index >= 15 is 0 Å². The molecule has 1 aromatic heterocycles. The number of halogens is 1. The summed E-state index contributed by atoms with van der Waals surface area (Å²) in [5.41, 5.74) is 0.393. The molecule has 82 valence electrons. The van der Waals surface area contributed by atoms with E-state index in [9.17, 15) is 4.79 Å². The number of nitriles is 1. The molecule has 1 N–H and O–H groups in total. The molecule has 1 aliphatic rings. The van der Waals surface area contributed by atoms with E-state index in [-0.39, 0.29) is 5.92 Å². The summed E-state index contributed by atoms with van der Waals surface area (Å²) in [6, 6.07) is 3.46. The molecule has 0 aliphatic carbocycles. The van der Waals surface area contributed by atoms with Crippen molar-refractivity contribution >= 4 is 23.4 Å². The zero-order chi connectivity index (χ0) is 11.7. The number of carboxylic acids is 1. The number of carbonyl (C=O) groups is 1. The third-order valence-electron chi connectivity index (χ3n) is 2.48. The molecule has 0 aromatic carbocycles. The fourth-order valence-electron chi connectivity index (χ4n) is 1.53. The Morgan fingerprint density at radius 3 is 2.88 bits per heavy atom. The maximum absolute atomic E-state index is 10.6. The topological polar surface area (TPSA) is 77.2 Å². The Bertz CT molecular complexity index is 477. The number of hydrogen-bond donors (Lipinski definition) is 1. The van der Waals surface area contributed by atoms with Crippen LogP contribution in [0.3, 0.4) is 0 Å². The van der Waals surface area contributed by atoms with Gasteiger partial charge in [0, 0.05) is 19.3 Å². The van der Waals surface area contributed by atoms with E-state index in [1.807, 2.05) is 6.07 Å². The van der Waals surface area contributed by atoms with Gasteiger partial charge in [0.15, 0.2) is 0 Å². The number of nitrogens with zero attached hydrogens (tertiary/aromatic N) is 3. The number of pyridine rings is 1. The molecule has 2 rings (SSSR count). The number of aliphatic carboxylic acids is 1. The predicted molar refractivity (Wildman–Crippen MR) is 57.3 cm³/mol. The lowest BCUT2D eigenvalue weighted by Gasteiger charge is -2.37. The molecular formula is C10H8ClN3O2. The Morgan fingerprint density at radius 2 is 2.38 bits per heavy atom. The SMILES string of the molecule is N#Cc1cnc(N2CC(C(=O)O)C2)c(Cl)c1. The van der Waals surface area contributed by atoms with Crippen LogP contribution in [0.5, 0.6) is 0 Å². The third kappa shape index (κ3) is 1.79. The first kappa shape index (κ1) is 10.7. The standard InChI is InChI=1S/C10H8ClN3O2/c11-8-1-6(2-12)3-13-9(8)14-4-7(5-14)10(15)16/h1,3,7H,4-5H2,(H,15,16). The highest BCUT2D eigenvalue weighted by Gasteiger charge is 2.34. The lowest BCUT2D eigenvalue weighted by atomic mass is 10.0. The van der Waals surface area contributed by atoms with Crippen LogP contribution in [0, 0.1) is 17.2 Å². The Balaban J connectivity index is 2.13. The Hall–Kier alpha value is -1.80. The van der Waals surface area contributed by atoms with E-state index < -0.39 is 5.97 Å². The average molecular weight is 238 g/mol. The van der Waals surface area contributed by atoms with Crippen molar-refractivity contribution < 1.29 is 9.90 Å². The van der Waals surface area contributed by atoms with Gasteiger partial charge in [0.25, 0.3) is 0 Å². The molecule has 0 amide bonds. The van der Waals surface area contributed by atoms with Crippen LogP contribution in [0.15, 0.2) is 12.3 Å². The fraction of sp³-hybridized carbons (Fsp3) is 0.300.